The van der Waals surface area contributed by atoms with E-state index in [1.165, 1.54) is 11.3 Å². The fraction of sp³-hybridized carbons (Fsp3) is 0.136. The summed E-state index contributed by atoms with van der Waals surface area (Å²) in [6.07, 6.45) is 1.63. The molecule has 0 spiro atoms. The van der Waals surface area contributed by atoms with Gasteiger partial charge in [0.2, 0.25) is 0 Å². The van der Waals surface area contributed by atoms with Crippen LogP contribution in [0.4, 0.5) is 5.13 Å². The number of nitrogens with zero attached hydrogens (tertiary/aromatic N) is 2. The van der Waals surface area contributed by atoms with Gasteiger partial charge in [0.25, 0.3) is 5.91 Å². The average Bonchev–Trinajstić information content (AvgIpc) is 3.48. The van der Waals surface area contributed by atoms with Crippen molar-refractivity contribution in [3.05, 3.63) is 65.8 Å². The summed E-state index contributed by atoms with van der Waals surface area (Å²) in [6.45, 7) is 0.172. The van der Waals surface area contributed by atoms with E-state index in [2.05, 4.69) is 15.3 Å². The number of thiazole rings is 1. The van der Waals surface area contributed by atoms with Gasteiger partial charge in [-0.25, -0.2) is 9.97 Å². The number of rotatable bonds is 8. The van der Waals surface area contributed by atoms with Crippen LogP contribution < -0.4 is 14.8 Å². The van der Waals surface area contributed by atoms with Gasteiger partial charge in [0.05, 0.1) is 13.7 Å². The van der Waals surface area contributed by atoms with Gasteiger partial charge < -0.3 is 19.6 Å². The lowest BCUT2D eigenvalue weighted by atomic mass is 10.1. The second kappa shape index (κ2) is 9.41. The van der Waals surface area contributed by atoms with Crippen molar-refractivity contribution >= 4 is 22.4 Å². The van der Waals surface area contributed by atoms with Gasteiger partial charge in [-0.1, -0.05) is 0 Å². The molecule has 31 heavy (non-hydrogen) atoms. The Labute approximate surface area is 182 Å². The van der Waals surface area contributed by atoms with Crippen molar-refractivity contribution in [3.63, 3.8) is 0 Å². The predicted octanol–water partition coefficient (Wildman–Crippen LogP) is 3.83. The Bertz CT molecular complexity index is 1140. The molecule has 8 nitrogen and oxygen atoms in total. The molecule has 2 aromatic carbocycles. The highest BCUT2D eigenvalue weighted by molar-refractivity contribution is 7.13. The van der Waals surface area contributed by atoms with Gasteiger partial charge in [0.1, 0.15) is 35.3 Å². The molecule has 9 heteroatoms. The van der Waals surface area contributed by atoms with Crippen molar-refractivity contribution in [1.82, 2.24) is 15.0 Å². The lowest BCUT2D eigenvalue weighted by molar-refractivity contribution is 0.102. The molecule has 0 bridgehead atoms. The smallest absolute Gasteiger partial charge is 0.276 e. The quantitative estimate of drug-likeness (QED) is 0.387. The Morgan fingerprint density at radius 1 is 1.10 bits per heavy atom. The third-order valence-electron chi connectivity index (χ3n) is 4.43. The van der Waals surface area contributed by atoms with E-state index in [-0.39, 0.29) is 19.1 Å². The first kappa shape index (κ1) is 20.6. The zero-order valence-electron chi connectivity index (χ0n) is 16.7. The summed E-state index contributed by atoms with van der Waals surface area (Å²) in [6, 6.07) is 14.6. The molecular weight excluding hydrogens is 416 g/mol. The molecule has 1 amide bonds. The number of carbonyl (C=O) groups is 1. The van der Waals surface area contributed by atoms with Crippen LogP contribution in [0, 0.1) is 0 Å². The SMILES string of the molecule is COc1ccc(-c2nc(-c3ccc(OCCO)cc3)[nH]c2C(=O)Nc2nccs2)cc1. The molecule has 0 atom stereocenters. The second-order valence-corrected chi connectivity index (χ2v) is 7.32. The van der Waals surface area contributed by atoms with Gasteiger partial charge in [0.15, 0.2) is 5.13 Å². The van der Waals surface area contributed by atoms with E-state index in [1.54, 1.807) is 30.8 Å². The number of H-pyrrole nitrogens is 1. The Hall–Kier alpha value is -3.69. The second-order valence-electron chi connectivity index (χ2n) is 6.43. The lowest BCUT2D eigenvalue weighted by Crippen LogP contribution is -2.13. The first-order valence-electron chi connectivity index (χ1n) is 9.47. The fourth-order valence-electron chi connectivity index (χ4n) is 2.95. The highest BCUT2D eigenvalue weighted by Crippen LogP contribution is 2.29. The number of imidazole rings is 1. The molecule has 3 N–H and O–H groups in total. The number of benzene rings is 2. The van der Waals surface area contributed by atoms with Crippen LogP contribution in [0.2, 0.25) is 0 Å². The number of nitrogens with one attached hydrogen (secondary N) is 2. The Morgan fingerprint density at radius 3 is 2.45 bits per heavy atom. The van der Waals surface area contributed by atoms with E-state index in [0.29, 0.717) is 33.8 Å². The highest BCUT2D eigenvalue weighted by Gasteiger charge is 2.20. The first-order chi connectivity index (χ1) is 15.2. The molecule has 2 aromatic heterocycles. The number of aliphatic hydroxyl groups excluding tert-OH is 1. The van der Waals surface area contributed by atoms with Gasteiger partial charge in [-0.2, -0.15) is 0 Å². The monoisotopic (exact) mass is 436 g/mol. The van der Waals surface area contributed by atoms with Gasteiger partial charge >= 0.3 is 0 Å². The highest BCUT2D eigenvalue weighted by atomic mass is 32.1. The number of anilines is 1. The standard InChI is InChI=1S/C22H20N4O4S/c1-29-16-6-2-14(3-7-16)18-19(21(28)26-22-23-10-13-31-22)25-20(24-18)15-4-8-17(9-5-15)30-12-11-27/h2-10,13,27H,11-12H2,1H3,(H,24,25)(H,23,26,28). The number of aromatic amines is 1. The van der Waals surface area contributed by atoms with Gasteiger partial charge in [-0.05, 0) is 48.5 Å². The number of hydrogen-bond acceptors (Lipinski definition) is 7. The van der Waals surface area contributed by atoms with Crippen molar-refractivity contribution in [3.8, 4) is 34.1 Å². The summed E-state index contributed by atoms with van der Waals surface area (Å²) in [7, 11) is 1.60. The average molecular weight is 436 g/mol. The predicted molar refractivity (Wildman–Crippen MR) is 119 cm³/mol. The van der Waals surface area contributed by atoms with E-state index < -0.39 is 0 Å². The van der Waals surface area contributed by atoms with Crippen LogP contribution in [0.1, 0.15) is 10.5 Å². The Balaban J connectivity index is 1.69. The van der Waals surface area contributed by atoms with Crippen molar-refractivity contribution in [2.45, 2.75) is 0 Å². The molecule has 0 saturated heterocycles. The number of aromatic nitrogens is 3. The van der Waals surface area contributed by atoms with Crippen molar-refractivity contribution < 1.29 is 19.4 Å². The largest absolute Gasteiger partial charge is 0.497 e. The van der Waals surface area contributed by atoms with Crippen LogP contribution in [-0.4, -0.2) is 46.3 Å². The zero-order chi connectivity index (χ0) is 21.6. The van der Waals surface area contributed by atoms with E-state index in [4.69, 9.17) is 19.6 Å². The van der Waals surface area contributed by atoms with Crippen LogP contribution >= 0.6 is 11.3 Å². The molecule has 0 saturated carbocycles. The lowest BCUT2D eigenvalue weighted by Gasteiger charge is -2.04. The molecule has 158 valence electrons. The summed E-state index contributed by atoms with van der Waals surface area (Å²) in [5, 5.41) is 14.0. The summed E-state index contributed by atoms with van der Waals surface area (Å²) >= 11 is 1.34. The van der Waals surface area contributed by atoms with Crippen LogP contribution in [0.25, 0.3) is 22.6 Å². The normalized spacial score (nSPS) is 10.6. The third-order valence-corrected chi connectivity index (χ3v) is 5.12. The van der Waals surface area contributed by atoms with Crippen LogP contribution in [-0.2, 0) is 0 Å². The van der Waals surface area contributed by atoms with E-state index >= 15 is 0 Å². The van der Waals surface area contributed by atoms with Crippen molar-refractivity contribution in [2.75, 3.05) is 25.6 Å². The van der Waals surface area contributed by atoms with E-state index in [9.17, 15) is 4.79 Å². The number of amides is 1. The molecule has 0 unspecified atom stereocenters. The number of ether oxygens (including phenoxy) is 2. The molecule has 0 aliphatic rings. The van der Waals surface area contributed by atoms with Crippen LogP contribution in [0.3, 0.4) is 0 Å². The Morgan fingerprint density at radius 2 is 1.81 bits per heavy atom. The molecule has 0 aliphatic carbocycles. The van der Waals surface area contributed by atoms with Gasteiger partial charge in [-0.15, -0.1) is 11.3 Å². The van der Waals surface area contributed by atoms with E-state index in [0.717, 1.165) is 11.1 Å². The number of methoxy groups -OCH3 is 1. The minimum Gasteiger partial charge on any atom is -0.497 e. The summed E-state index contributed by atoms with van der Waals surface area (Å²) in [4.78, 5) is 24.9. The van der Waals surface area contributed by atoms with E-state index in [1.807, 2.05) is 36.4 Å². The van der Waals surface area contributed by atoms with Crippen molar-refractivity contribution in [1.29, 1.82) is 0 Å². The van der Waals surface area contributed by atoms with Crippen molar-refractivity contribution in [2.24, 2.45) is 0 Å². The molecule has 2 heterocycles. The summed E-state index contributed by atoms with van der Waals surface area (Å²) < 4.78 is 10.6. The van der Waals surface area contributed by atoms with Gasteiger partial charge in [0, 0.05) is 22.7 Å². The molecule has 0 fully saturated rings. The molecule has 0 aliphatic heterocycles. The number of carbonyl (C=O) groups excluding carboxylic acids is 1. The maximum absolute atomic E-state index is 13.0. The fourth-order valence-corrected chi connectivity index (χ4v) is 3.47. The summed E-state index contributed by atoms with van der Waals surface area (Å²) in [5.74, 6) is 1.57. The first-order valence-corrected chi connectivity index (χ1v) is 10.4. The minimum atomic E-state index is -0.331. The van der Waals surface area contributed by atoms with Gasteiger partial charge in [-0.3, -0.25) is 10.1 Å². The van der Waals surface area contributed by atoms with Crippen LogP contribution in [0.5, 0.6) is 11.5 Å². The number of aliphatic hydroxyl groups is 1. The number of hydrogen-bond donors (Lipinski definition) is 3. The maximum Gasteiger partial charge on any atom is 0.276 e. The van der Waals surface area contributed by atoms with Crippen LogP contribution in [0.15, 0.2) is 60.1 Å². The molecule has 0 radical (unpaired) electrons. The summed E-state index contributed by atoms with van der Waals surface area (Å²) in [5.41, 5.74) is 2.41. The molecule has 4 rings (SSSR count). The molecular formula is C22H20N4O4S. The third kappa shape index (κ3) is 4.73. The minimum absolute atomic E-state index is 0.0529. The zero-order valence-corrected chi connectivity index (χ0v) is 17.5. The Kier molecular flexibility index (Phi) is 6.25. The topological polar surface area (TPSA) is 109 Å². The molecule has 4 aromatic rings. The maximum atomic E-state index is 13.0.